The van der Waals surface area contributed by atoms with Crippen LogP contribution in [0.15, 0.2) is 54.6 Å². The molecule has 22 heavy (non-hydrogen) atoms. The molecule has 0 fully saturated rings. The third-order valence-electron chi connectivity index (χ3n) is 3.09. The summed E-state index contributed by atoms with van der Waals surface area (Å²) in [6.45, 7) is 0.0197. The Kier molecular flexibility index (Phi) is 3.91. The van der Waals surface area contributed by atoms with Crippen LogP contribution < -0.4 is 20.1 Å². The number of nitrogens with one attached hydrogen (secondary N) is 2. The van der Waals surface area contributed by atoms with Gasteiger partial charge in [-0.1, -0.05) is 30.3 Å². The summed E-state index contributed by atoms with van der Waals surface area (Å²) in [5.41, 5.74) is 0.621. The third kappa shape index (κ3) is 3.17. The number of rotatable bonds is 3. The lowest BCUT2D eigenvalue weighted by Gasteiger charge is -2.25. The summed E-state index contributed by atoms with van der Waals surface area (Å²) in [5, 5.41) is 5.24. The summed E-state index contributed by atoms with van der Waals surface area (Å²) in [7, 11) is 0. The zero-order chi connectivity index (χ0) is 15.4. The number of para-hydroxylation sites is 3. The second-order valence-corrected chi connectivity index (χ2v) is 4.68. The number of amides is 2. The summed E-state index contributed by atoms with van der Waals surface area (Å²) < 4.78 is 10.6. The van der Waals surface area contributed by atoms with Crippen LogP contribution in [-0.4, -0.2) is 24.6 Å². The normalized spacial score (nSPS) is 16.0. The van der Waals surface area contributed by atoms with Gasteiger partial charge in [-0.25, -0.2) is 4.79 Å². The van der Waals surface area contributed by atoms with Gasteiger partial charge in [0.05, 0.1) is 12.2 Å². The molecule has 6 heteroatoms. The van der Waals surface area contributed by atoms with Gasteiger partial charge in [0, 0.05) is 0 Å². The first-order valence-electron chi connectivity index (χ1n) is 6.79. The Hall–Kier alpha value is -3.02. The number of carbonyl (C=O) groups is 2. The molecule has 0 bridgehead atoms. The van der Waals surface area contributed by atoms with Crippen molar-refractivity contribution in [1.82, 2.24) is 5.32 Å². The first-order valence-corrected chi connectivity index (χ1v) is 6.79. The van der Waals surface area contributed by atoms with Crippen LogP contribution in [0, 0.1) is 0 Å². The van der Waals surface area contributed by atoms with Gasteiger partial charge in [-0.3, -0.25) is 4.79 Å². The smallest absolute Gasteiger partial charge is 0.412 e. The molecule has 2 aromatic carbocycles. The van der Waals surface area contributed by atoms with E-state index in [1.54, 1.807) is 42.5 Å². The van der Waals surface area contributed by atoms with E-state index in [0.717, 1.165) is 0 Å². The van der Waals surface area contributed by atoms with Gasteiger partial charge in [0.2, 0.25) is 0 Å². The van der Waals surface area contributed by atoms with Crippen LogP contribution in [0.2, 0.25) is 0 Å². The van der Waals surface area contributed by atoms with Crippen molar-refractivity contribution in [3.8, 4) is 11.5 Å². The molecule has 1 aliphatic rings. The van der Waals surface area contributed by atoms with Crippen molar-refractivity contribution in [2.24, 2.45) is 0 Å². The second kappa shape index (κ2) is 6.17. The van der Waals surface area contributed by atoms with Gasteiger partial charge in [-0.2, -0.15) is 0 Å². The van der Waals surface area contributed by atoms with E-state index in [-0.39, 0.29) is 12.5 Å². The molecule has 0 saturated carbocycles. The fraction of sp³-hybridized carbons (Fsp3) is 0.125. The van der Waals surface area contributed by atoms with Crippen molar-refractivity contribution < 1.29 is 19.1 Å². The van der Waals surface area contributed by atoms with E-state index in [2.05, 4.69) is 10.6 Å². The van der Waals surface area contributed by atoms with E-state index >= 15 is 0 Å². The number of hydrogen-bond acceptors (Lipinski definition) is 4. The molecule has 0 aliphatic carbocycles. The van der Waals surface area contributed by atoms with Crippen molar-refractivity contribution in [3.05, 3.63) is 54.6 Å². The summed E-state index contributed by atoms with van der Waals surface area (Å²) in [6.07, 6.45) is -1.43. The zero-order valence-corrected chi connectivity index (χ0v) is 11.6. The second-order valence-electron chi connectivity index (χ2n) is 4.68. The van der Waals surface area contributed by atoms with Gasteiger partial charge in [0.15, 0.2) is 6.10 Å². The highest BCUT2D eigenvalue weighted by Gasteiger charge is 2.27. The highest BCUT2D eigenvalue weighted by atomic mass is 16.6. The van der Waals surface area contributed by atoms with Crippen LogP contribution in [0.1, 0.15) is 0 Å². The molecular weight excluding hydrogens is 284 g/mol. The van der Waals surface area contributed by atoms with E-state index in [9.17, 15) is 9.59 Å². The van der Waals surface area contributed by atoms with E-state index in [0.29, 0.717) is 17.2 Å². The lowest BCUT2D eigenvalue weighted by Crippen LogP contribution is -2.46. The molecule has 1 aliphatic heterocycles. The average Bonchev–Trinajstić information content (AvgIpc) is 2.54. The van der Waals surface area contributed by atoms with Gasteiger partial charge in [0.25, 0.3) is 5.91 Å². The number of benzene rings is 2. The Labute approximate surface area is 127 Å². The molecule has 0 radical (unpaired) electrons. The number of anilines is 1. The predicted molar refractivity (Wildman–Crippen MR) is 80.0 cm³/mol. The zero-order valence-electron chi connectivity index (χ0n) is 11.6. The SMILES string of the molecule is O=C(NCC1Oc2ccccc2NC1=O)Oc1ccccc1. The predicted octanol–water partition coefficient (Wildman–Crippen LogP) is 2.17. The minimum Gasteiger partial charge on any atom is -0.477 e. The molecule has 2 aromatic rings. The van der Waals surface area contributed by atoms with Crippen LogP contribution in [0.5, 0.6) is 11.5 Å². The highest BCUT2D eigenvalue weighted by molar-refractivity contribution is 5.98. The number of fused-ring (bicyclic) bond motifs is 1. The topological polar surface area (TPSA) is 76.7 Å². The van der Waals surface area contributed by atoms with E-state index in [1.807, 2.05) is 12.1 Å². The fourth-order valence-corrected chi connectivity index (χ4v) is 2.03. The van der Waals surface area contributed by atoms with Crippen LogP contribution >= 0.6 is 0 Å². The van der Waals surface area contributed by atoms with Gasteiger partial charge >= 0.3 is 6.09 Å². The first-order chi connectivity index (χ1) is 10.7. The highest BCUT2D eigenvalue weighted by Crippen LogP contribution is 2.28. The van der Waals surface area contributed by atoms with Crippen LogP contribution in [0.3, 0.4) is 0 Å². The minimum atomic E-state index is -0.793. The maximum Gasteiger partial charge on any atom is 0.412 e. The van der Waals surface area contributed by atoms with E-state index < -0.39 is 12.2 Å². The Bertz CT molecular complexity index is 688. The molecule has 1 atom stereocenters. The van der Waals surface area contributed by atoms with Crippen molar-refractivity contribution >= 4 is 17.7 Å². The van der Waals surface area contributed by atoms with Gasteiger partial charge < -0.3 is 20.1 Å². The molecule has 2 amide bonds. The average molecular weight is 298 g/mol. The Morgan fingerprint density at radius 1 is 1.14 bits per heavy atom. The van der Waals surface area contributed by atoms with Gasteiger partial charge in [-0.15, -0.1) is 0 Å². The lowest BCUT2D eigenvalue weighted by molar-refractivity contribution is -0.123. The Balaban J connectivity index is 1.56. The van der Waals surface area contributed by atoms with Crippen molar-refractivity contribution in [2.45, 2.75) is 6.10 Å². The van der Waals surface area contributed by atoms with Crippen molar-refractivity contribution in [2.75, 3.05) is 11.9 Å². The van der Waals surface area contributed by atoms with E-state index in [1.165, 1.54) is 0 Å². The number of carbonyl (C=O) groups excluding carboxylic acids is 2. The van der Waals surface area contributed by atoms with Crippen LogP contribution in [0.25, 0.3) is 0 Å². The van der Waals surface area contributed by atoms with Crippen LogP contribution in [-0.2, 0) is 4.79 Å². The largest absolute Gasteiger partial charge is 0.477 e. The van der Waals surface area contributed by atoms with Gasteiger partial charge in [0.1, 0.15) is 11.5 Å². The molecular formula is C16H14N2O4. The maximum atomic E-state index is 11.9. The minimum absolute atomic E-state index is 0.0197. The maximum absolute atomic E-state index is 11.9. The summed E-state index contributed by atoms with van der Waals surface area (Å²) in [4.78, 5) is 23.6. The number of hydrogen-bond donors (Lipinski definition) is 2. The van der Waals surface area contributed by atoms with E-state index in [4.69, 9.17) is 9.47 Å². The van der Waals surface area contributed by atoms with Crippen molar-refractivity contribution in [1.29, 1.82) is 0 Å². The summed E-state index contributed by atoms with van der Waals surface area (Å²) in [6, 6.07) is 15.8. The molecule has 112 valence electrons. The Morgan fingerprint density at radius 2 is 1.86 bits per heavy atom. The van der Waals surface area contributed by atoms with Crippen molar-refractivity contribution in [3.63, 3.8) is 0 Å². The standard InChI is InChI=1S/C16H14N2O4/c19-15-14(22-13-9-5-4-8-12(13)18-15)10-17-16(20)21-11-6-2-1-3-7-11/h1-9,14H,10H2,(H,17,20)(H,18,19). The molecule has 2 N–H and O–H groups in total. The lowest BCUT2D eigenvalue weighted by atomic mass is 10.2. The third-order valence-corrected chi connectivity index (χ3v) is 3.09. The summed E-state index contributed by atoms with van der Waals surface area (Å²) >= 11 is 0. The monoisotopic (exact) mass is 298 g/mol. The number of ether oxygens (including phenoxy) is 2. The molecule has 0 spiro atoms. The quantitative estimate of drug-likeness (QED) is 0.910. The molecule has 0 aromatic heterocycles. The van der Waals surface area contributed by atoms with Crippen LogP contribution in [0.4, 0.5) is 10.5 Å². The molecule has 1 heterocycles. The molecule has 6 nitrogen and oxygen atoms in total. The molecule has 0 saturated heterocycles. The summed E-state index contributed by atoms with van der Waals surface area (Å²) in [5.74, 6) is 0.698. The first kappa shape index (κ1) is 13.9. The Morgan fingerprint density at radius 3 is 2.68 bits per heavy atom. The molecule has 1 unspecified atom stereocenters. The fourth-order valence-electron chi connectivity index (χ4n) is 2.03. The molecule has 3 rings (SSSR count). The van der Waals surface area contributed by atoms with Gasteiger partial charge in [-0.05, 0) is 24.3 Å².